The van der Waals surface area contributed by atoms with Crippen molar-refractivity contribution < 1.29 is 19.1 Å². The maximum atomic E-state index is 12.8. The van der Waals surface area contributed by atoms with Gasteiger partial charge in [0, 0.05) is 10.7 Å². The Hall–Kier alpha value is -2.99. The van der Waals surface area contributed by atoms with Crippen LogP contribution in [0, 0.1) is 0 Å². The van der Waals surface area contributed by atoms with E-state index in [9.17, 15) is 9.59 Å². The van der Waals surface area contributed by atoms with Crippen LogP contribution in [0.3, 0.4) is 0 Å². The second-order valence-corrected chi connectivity index (χ2v) is 7.67. The van der Waals surface area contributed by atoms with Gasteiger partial charge in [-0.3, -0.25) is 0 Å². The molecule has 0 bridgehead atoms. The van der Waals surface area contributed by atoms with Crippen molar-refractivity contribution in [1.29, 1.82) is 0 Å². The first-order valence-electron chi connectivity index (χ1n) is 10.5. The number of hydrogen-bond donors (Lipinski definition) is 2. The van der Waals surface area contributed by atoms with Crippen LogP contribution in [0.2, 0.25) is 5.02 Å². The molecule has 0 spiro atoms. The fourth-order valence-corrected chi connectivity index (χ4v) is 3.53. The Morgan fingerprint density at radius 2 is 1.90 bits per heavy atom. The minimum absolute atomic E-state index is 0.258. The molecule has 2 N–H and O–H groups in total. The number of carbonyl (C=O) groups excluding carboxylic acids is 2. The van der Waals surface area contributed by atoms with Gasteiger partial charge in [0.2, 0.25) is 0 Å². The number of hydrogen-bond acceptors (Lipinski definition) is 4. The maximum Gasteiger partial charge on any atom is 0.338 e. The molecule has 31 heavy (non-hydrogen) atoms. The first kappa shape index (κ1) is 22.7. The zero-order valence-electron chi connectivity index (χ0n) is 17.7. The summed E-state index contributed by atoms with van der Waals surface area (Å²) in [5.74, 6) is 0.206. The highest BCUT2D eigenvalue weighted by molar-refractivity contribution is 6.30. The number of unbranched alkanes of at least 4 members (excludes halogenated alkanes) is 1. The summed E-state index contributed by atoms with van der Waals surface area (Å²) in [4.78, 5) is 25.1. The summed E-state index contributed by atoms with van der Waals surface area (Å²) in [6.07, 6.45) is 2.40. The molecule has 1 aliphatic heterocycles. The van der Waals surface area contributed by atoms with Crippen LogP contribution in [-0.4, -0.2) is 18.6 Å². The zero-order chi connectivity index (χ0) is 22.2. The first-order valence-corrected chi connectivity index (χ1v) is 10.8. The molecule has 3 rings (SSSR count). The lowest BCUT2D eigenvalue weighted by molar-refractivity contribution is -0.139. The van der Waals surface area contributed by atoms with E-state index in [2.05, 4.69) is 17.6 Å². The number of nitrogens with one attached hydrogen (secondary N) is 2. The second kappa shape index (κ2) is 10.9. The Bertz CT molecular complexity index is 956. The van der Waals surface area contributed by atoms with Crippen molar-refractivity contribution in [3.8, 4) is 5.75 Å². The zero-order valence-corrected chi connectivity index (χ0v) is 18.5. The Morgan fingerprint density at radius 3 is 2.61 bits per heavy atom. The molecule has 1 unspecified atom stereocenters. The molecule has 0 radical (unpaired) electrons. The molecule has 6 nitrogen and oxygen atoms in total. The molecule has 2 aromatic carbocycles. The summed E-state index contributed by atoms with van der Waals surface area (Å²) in [6.45, 7) is 4.46. The molecule has 0 aromatic heterocycles. The van der Waals surface area contributed by atoms with Gasteiger partial charge < -0.3 is 20.1 Å². The monoisotopic (exact) mass is 442 g/mol. The highest BCUT2D eigenvalue weighted by Crippen LogP contribution is 2.31. The molecule has 1 atom stereocenters. The largest absolute Gasteiger partial charge is 0.489 e. The van der Waals surface area contributed by atoms with E-state index in [-0.39, 0.29) is 12.6 Å². The summed E-state index contributed by atoms with van der Waals surface area (Å²) in [6, 6.07) is 13.9. The third kappa shape index (κ3) is 6.01. The number of carbonyl (C=O) groups is 2. The summed E-state index contributed by atoms with van der Waals surface area (Å²) in [5, 5.41) is 6.32. The van der Waals surface area contributed by atoms with Crippen molar-refractivity contribution in [2.75, 3.05) is 6.61 Å². The van der Waals surface area contributed by atoms with Crippen molar-refractivity contribution in [2.45, 2.75) is 45.8 Å². The van der Waals surface area contributed by atoms with E-state index >= 15 is 0 Å². The van der Waals surface area contributed by atoms with Crippen LogP contribution in [0.1, 0.15) is 50.3 Å². The van der Waals surface area contributed by atoms with Gasteiger partial charge in [0.15, 0.2) is 0 Å². The molecule has 0 aliphatic carbocycles. The summed E-state index contributed by atoms with van der Waals surface area (Å²) >= 11 is 5.93. The van der Waals surface area contributed by atoms with E-state index in [1.807, 2.05) is 48.5 Å². The van der Waals surface area contributed by atoms with Crippen molar-refractivity contribution >= 4 is 23.6 Å². The lowest BCUT2D eigenvalue weighted by atomic mass is 9.93. The average Bonchev–Trinajstić information content (AvgIpc) is 2.77. The van der Waals surface area contributed by atoms with Crippen LogP contribution >= 0.6 is 11.6 Å². The normalized spacial score (nSPS) is 15.8. The Kier molecular flexibility index (Phi) is 7.95. The molecule has 7 heteroatoms. The average molecular weight is 443 g/mol. The SMILES string of the molecule is CCCCC1=C(C(=O)OCC)C(c2cccc(OCc3ccc(Cl)cc3)c2)NC(=O)N1. The predicted molar refractivity (Wildman–Crippen MR) is 120 cm³/mol. The molecular weight excluding hydrogens is 416 g/mol. The van der Waals surface area contributed by atoms with Gasteiger partial charge in [-0.05, 0) is 55.2 Å². The number of ether oxygens (including phenoxy) is 2. The summed E-state index contributed by atoms with van der Waals surface area (Å²) in [7, 11) is 0. The van der Waals surface area contributed by atoms with E-state index in [0.29, 0.717) is 35.1 Å². The number of rotatable bonds is 9. The number of benzene rings is 2. The van der Waals surface area contributed by atoms with E-state index in [4.69, 9.17) is 21.1 Å². The molecule has 0 saturated heterocycles. The molecule has 0 fully saturated rings. The molecule has 2 aromatic rings. The minimum Gasteiger partial charge on any atom is -0.489 e. The Labute approximate surface area is 187 Å². The number of allylic oxidation sites excluding steroid dienone is 1. The van der Waals surface area contributed by atoms with Crippen LogP contribution in [0.25, 0.3) is 0 Å². The van der Waals surface area contributed by atoms with Crippen LogP contribution in [0.5, 0.6) is 5.75 Å². The number of halogens is 1. The van der Waals surface area contributed by atoms with Crippen molar-refractivity contribution in [3.05, 3.63) is 76.0 Å². The number of amides is 2. The van der Waals surface area contributed by atoms with Gasteiger partial charge in [0.05, 0.1) is 18.2 Å². The third-order valence-corrected chi connectivity index (χ3v) is 5.19. The van der Waals surface area contributed by atoms with E-state index in [1.165, 1.54) is 0 Å². The quantitative estimate of drug-likeness (QED) is 0.518. The molecular formula is C24H27ClN2O4. The third-order valence-electron chi connectivity index (χ3n) is 4.94. The Balaban J connectivity index is 1.87. The lowest BCUT2D eigenvalue weighted by Gasteiger charge is -2.29. The fraction of sp³-hybridized carbons (Fsp3) is 0.333. The summed E-state index contributed by atoms with van der Waals surface area (Å²) in [5.41, 5.74) is 2.78. The van der Waals surface area contributed by atoms with E-state index in [1.54, 1.807) is 6.92 Å². The number of urea groups is 1. The molecule has 1 heterocycles. The highest BCUT2D eigenvalue weighted by Gasteiger charge is 2.33. The van der Waals surface area contributed by atoms with Crippen LogP contribution in [0.4, 0.5) is 4.79 Å². The first-order chi connectivity index (χ1) is 15.0. The predicted octanol–water partition coefficient (Wildman–Crippen LogP) is 5.28. The van der Waals surface area contributed by atoms with Crippen LogP contribution < -0.4 is 15.4 Å². The molecule has 164 valence electrons. The van der Waals surface area contributed by atoms with Gasteiger partial charge >= 0.3 is 12.0 Å². The number of esters is 1. The van der Waals surface area contributed by atoms with Gasteiger partial charge in [-0.25, -0.2) is 9.59 Å². The summed E-state index contributed by atoms with van der Waals surface area (Å²) < 4.78 is 11.2. The van der Waals surface area contributed by atoms with Crippen molar-refractivity contribution in [2.24, 2.45) is 0 Å². The van der Waals surface area contributed by atoms with Gasteiger partial charge in [0.25, 0.3) is 0 Å². The maximum absolute atomic E-state index is 12.8. The topological polar surface area (TPSA) is 76.7 Å². The second-order valence-electron chi connectivity index (χ2n) is 7.24. The van der Waals surface area contributed by atoms with Gasteiger partial charge in [0.1, 0.15) is 12.4 Å². The van der Waals surface area contributed by atoms with Crippen LogP contribution in [-0.2, 0) is 16.1 Å². The van der Waals surface area contributed by atoms with Gasteiger partial charge in [-0.15, -0.1) is 0 Å². The molecule has 2 amide bonds. The highest BCUT2D eigenvalue weighted by atomic mass is 35.5. The standard InChI is InChI=1S/C24H27ClN2O4/c1-3-5-9-20-21(23(28)30-4-2)22(27-24(29)26-20)17-7-6-8-19(14-17)31-15-16-10-12-18(25)13-11-16/h6-8,10-14,22H,3-5,9,15H2,1-2H3,(H2,26,27,29). The van der Waals surface area contributed by atoms with E-state index in [0.717, 1.165) is 24.0 Å². The molecule has 1 aliphatic rings. The minimum atomic E-state index is -0.612. The lowest BCUT2D eigenvalue weighted by Crippen LogP contribution is -2.46. The van der Waals surface area contributed by atoms with Gasteiger partial charge in [-0.2, -0.15) is 0 Å². The smallest absolute Gasteiger partial charge is 0.338 e. The fourth-order valence-electron chi connectivity index (χ4n) is 3.40. The molecule has 0 saturated carbocycles. The van der Waals surface area contributed by atoms with Crippen molar-refractivity contribution in [1.82, 2.24) is 10.6 Å². The van der Waals surface area contributed by atoms with E-state index < -0.39 is 12.0 Å². The van der Waals surface area contributed by atoms with Crippen LogP contribution in [0.15, 0.2) is 59.8 Å². The Morgan fingerprint density at radius 1 is 1.13 bits per heavy atom. The van der Waals surface area contributed by atoms with Crippen molar-refractivity contribution in [3.63, 3.8) is 0 Å². The van der Waals surface area contributed by atoms with Gasteiger partial charge in [-0.1, -0.05) is 49.2 Å².